The van der Waals surface area contributed by atoms with Gasteiger partial charge in [-0.25, -0.2) is 4.79 Å². The normalized spacial score (nSPS) is 11.8. The summed E-state index contributed by atoms with van der Waals surface area (Å²) in [7, 11) is 0. The summed E-state index contributed by atoms with van der Waals surface area (Å²) in [6.07, 6.45) is 6.66. The Balaban J connectivity index is 0.00000144. The molecule has 3 aromatic rings. The second-order valence-electron chi connectivity index (χ2n) is 4.76. The van der Waals surface area contributed by atoms with Crippen LogP contribution in [0.15, 0.2) is 42.9 Å². The lowest BCUT2D eigenvalue weighted by Crippen LogP contribution is -1.99. The Morgan fingerprint density at radius 2 is 2.14 bits per heavy atom. The first-order valence-electron chi connectivity index (χ1n) is 6.41. The van der Waals surface area contributed by atoms with Gasteiger partial charge in [0.25, 0.3) is 0 Å². The number of halogens is 1. The zero-order valence-corrected chi connectivity index (χ0v) is 12.1. The second-order valence-corrected chi connectivity index (χ2v) is 4.76. The van der Waals surface area contributed by atoms with Crippen molar-refractivity contribution in [3.8, 4) is 17.0 Å². The number of carboxylic acid groups (broad SMARTS) is 1. The number of pyridine rings is 1. The number of aromatic carboxylic acids is 1. The number of nitrogens with zero attached hydrogens (tertiary/aromatic N) is 1. The molecule has 0 aliphatic carbocycles. The highest BCUT2D eigenvalue weighted by Crippen LogP contribution is 2.37. The van der Waals surface area contributed by atoms with E-state index in [-0.39, 0.29) is 18.0 Å². The largest absolute Gasteiger partial charge is 0.478 e. The average Bonchev–Trinajstić information content (AvgIpc) is 2.88. The third-order valence-electron chi connectivity index (χ3n) is 3.56. The summed E-state index contributed by atoms with van der Waals surface area (Å²) in [6, 6.07) is 7.42. The van der Waals surface area contributed by atoms with Gasteiger partial charge < -0.3 is 14.8 Å². The standard InChI is InChI=1S/C16H10N2O3.ClH/c19-16(20)9-7-14-15(18-8-9)12-1-2-13-11(3-5-17-13)10(12)4-6-21-14;/h1-8,17H,(H,19,20);1H. The molecule has 1 aliphatic rings. The number of hydrogen-bond donors (Lipinski definition) is 2. The molecule has 0 unspecified atom stereocenters. The van der Waals surface area contributed by atoms with E-state index in [9.17, 15) is 4.79 Å². The van der Waals surface area contributed by atoms with Crippen LogP contribution in [0.2, 0.25) is 0 Å². The maximum atomic E-state index is 11.0. The Morgan fingerprint density at radius 1 is 1.27 bits per heavy atom. The highest BCUT2D eigenvalue weighted by molar-refractivity contribution is 5.97. The van der Waals surface area contributed by atoms with Crippen LogP contribution in [0, 0.1) is 0 Å². The molecule has 0 fully saturated rings. The van der Waals surface area contributed by atoms with Gasteiger partial charge in [0.15, 0.2) is 5.75 Å². The summed E-state index contributed by atoms with van der Waals surface area (Å²) < 4.78 is 5.53. The summed E-state index contributed by atoms with van der Waals surface area (Å²) in [6.45, 7) is 0. The van der Waals surface area contributed by atoms with Crippen LogP contribution in [0.4, 0.5) is 0 Å². The molecule has 2 aromatic heterocycles. The number of benzene rings is 1. The molecule has 3 heterocycles. The second kappa shape index (κ2) is 5.20. The van der Waals surface area contributed by atoms with Crippen molar-refractivity contribution in [3.05, 3.63) is 54.0 Å². The first-order valence-corrected chi connectivity index (χ1v) is 6.41. The number of aromatic nitrogens is 2. The summed E-state index contributed by atoms with van der Waals surface area (Å²) in [4.78, 5) is 18.5. The van der Waals surface area contributed by atoms with Crippen LogP contribution in [-0.2, 0) is 0 Å². The number of rotatable bonds is 1. The van der Waals surface area contributed by atoms with Crippen LogP contribution in [0.5, 0.6) is 5.75 Å². The minimum Gasteiger partial charge on any atom is -0.478 e. The van der Waals surface area contributed by atoms with Crippen LogP contribution >= 0.6 is 12.4 Å². The van der Waals surface area contributed by atoms with Gasteiger partial charge in [0.1, 0.15) is 5.69 Å². The SMILES string of the molecule is Cl.O=C(O)c1cnc2c(c1)OC=Cc1c-2ccc2[nH]ccc12. The molecule has 0 saturated heterocycles. The molecule has 0 saturated carbocycles. The van der Waals surface area contributed by atoms with Crippen LogP contribution in [-0.4, -0.2) is 21.0 Å². The Morgan fingerprint density at radius 3 is 2.95 bits per heavy atom. The highest BCUT2D eigenvalue weighted by atomic mass is 35.5. The molecule has 6 heteroatoms. The molecule has 0 spiro atoms. The summed E-state index contributed by atoms with van der Waals surface area (Å²) in [5, 5.41) is 10.1. The fourth-order valence-corrected chi connectivity index (χ4v) is 2.57. The molecule has 0 bridgehead atoms. The quantitative estimate of drug-likeness (QED) is 0.718. The smallest absolute Gasteiger partial charge is 0.337 e. The van der Waals surface area contributed by atoms with E-state index in [1.54, 1.807) is 6.26 Å². The number of hydrogen-bond acceptors (Lipinski definition) is 3. The molecule has 0 atom stereocenters. The van der Waals surface area contributed by atoms with Crippen molar-refractivity contribution in [2.24, 2.45) is 0 Å². The van der Waals surface area contributed by atoms with E-state index in [1.165, 1.54) is 12.3 Å². The van der Waals surface area contributed by atoms with E-state index in [0.717, 1.165) is 22.0 Å². The van der Waals surface area contributed by atoms with Crippen molar-refractivity contribution in [2.75, 3.05) is 0 Å². The lowest BCUT2D eigenvalue weighted by molar-refractivity contribution is 0.0696. The summed E-state index contributed by atoms with van der Waals surface area (Å²) in [5.41, 5.74) is 3.70. The number of aromatic amines is 1. The van der Waals surface area contributed by atoms with Crippen LogP contribution in [0.3, 0.4) is 0 Å². The lowest BCUT2D eigenvalue weighted by atomic mass is 9.99. The number of ether oxygens (including phenoxy) is 1. The van der Waals surface area contributed by atoms with Gasteiger partial charge in [-0.3, -0.25) is 4.98 Å². The number of fused-ring (bicyclic) bond motifs is 5. The molecular weight excluding hydrogens is 304 g/mol. The van der Waals surface area contributed by atoms with Gasteiger partial charge in [-0.1, -0.05) is 0 Å². The van der Waals surface area contributed by atoms with Crippen molar-refractivity contribution in [1.29, 1.82) is 0 Å². The zero-order chi connectivity index (χ0) is 14.4. The van der Waals surface area contributed by atoms with E-state index < -0.39 is 5.97 Å². The summed E-state index contributed by atoms with van der Waals surface area (Å²) >= 11 is 0. The van der Waals surface area contributed by atoms with Crippen LogP contribution in [0.1, 0.15) is 15.9 Å². The number of nitrogens with one attached hydrogen (secondary N) is 1. The Kier molecular flexibility index (Phi) is 3.35. The van der Waals surface area contributed by atoms with E-state index in [0.29, 0.717) is 11.4 Å². The highest BCUT2D eigenvalue weighted by Gasteiger charge is 2.18. The topological polar surface area (TPSA) is 75.2 Å². The average molecular weight is 315 g/mol. The first-order chi connectivity index (χ1) is 10.2. The zero-order valence-electron chi connectivity index (χ0n) is 11.2. The summed E-state index contributed by atoms with van der Waals surface area (Å²) in [5.74, 6) is -0.580. The molecule has 2 N–H and O–H groups in total. The minimum atomic E-state index is -1.02. The maximum absolute atomic E-state index is 11.0. The number of H-pyrrole nitrogens is 1. The van der Waals surface area contributed by atoms with Gasteiger partial charge in [0, 0.05) is 28.9 Å². The first kappa shape index (κ1) is 14.2. The van der Waals surface area contributed by atoms with Gasteiger partial charge in [-0.15, -0.1) is 12.4 Å². The van der Waals surface area contributed by atoms with E-state index in [1.807, 2.05) is 30.5 Å². The van der Waals surface area contributed by atoms with Crippen molar-refractivity contribution >= 4 is 35.4 Å². The van der Waals surface area contributed by atoms with E-state index in [4.69, 9.17) is 9.84 Å². The van der Waals surface area contributed by atoms with Crippen molar-refractivity contribution < 1.29 is 14.6 Å². The predicted molar refractivity (Wildman–Crippen MR) is 85.4 cm³/mol. The van der Waals surface area contributed by atoms with Gasteiger partial charge in [-0.05, 0) is 35.9 Å². The Hall–Kier alpha value is -2.79. The van der Waals surface area contributed by atoms with Crippen molar-refractivity contribution in [2.45, 2.75) is 0 Å². The van der Waals surface area contributed by atoms with Crippen molar-refractivity contribution in [3.63, 3.8) is 0 Å². The molecule has 1 aromatic carbocycles. The Bertz CT molecular complexity index is 915. The Labute approximate surface area is 131 Å². The fourth-order valence-electron chi connectivity index (χ4n) is 2.57. The molecule has 5 nitrogen and oxygen atoms in total. The van der Waals surface area contributed by atoms with Crippen LogP contribution < -0.4 is 4.74 Å². The molecular formula is C16H11ClN2O3. The molecule has 1 aliphatic heterocycles. The van der Waals surface area contributed by atoms with Gasteiger partial charge >= 0.3 is 5.97 Å². The molecule has 0 radical (unpaired) electrons. The predicted octanol–water partition coefficient (Wildman–Crippen LogP) is 3.71. The molecule has 4 rings (SSSR count). The van der Waals surface area contributed by atoms with E-state index >= 15 is 0 Å². The maximum Gasteiger partial charge on any atom is 0.337 e. The lowest BCUT2D eigenvalue weighted by Gasteiger charge is -2.08. The molecule has 110 valence electrons. The fraction of sp³-hybridized carbons (Fsp3) is 0. The van der Waals surface area contributed by atoms with Gasteiger partial charge in [0.2, 0.25) is 0 Å². The van der Waals surface area contributed by atoms with Crippen LogP contribution in [0.25, 0.3) is 28.2 Å². The molecule has 22 heavy (non-hydrogen) atoms. The van der Waals surface area contributed by atoms with Crippen molar-refractivity contribution in [1.82, 2.24) is 9.97 Å². The van der Waals surface area contributed by atoms with Gasteiger partial charge in [-0.2, -0.15) is 0 Å². The monoisotopic (exact) mass is 314 g/mol. The van der Waals surface area contributed by atoms with Gasteiger partial charge in [0.05, 0.1) is 11.8 Å². The number of carbonyl (C=O) groups is 1. The van der Waals surface area contributed by atoms with E-state index in [2.05, 4.69) is 9.97 Å². The number of carboxylic acids is 1. The minimum absolute atomic E-state index is 0. The third-order valence-corrected chi connectivity index (χ3v) is 3.56. The molecule has 0 amide bonds. The third kappa shape index (κ3) is 2.03.